The minimum Gasteiger partial charge on any atom is -0.367 e. The molecule has 0 fully saturated rings. The Hall–Kier alpha value is -0.800. The molecule has 0 saturated carbocycles. The fourth-order valence-electron chi connectivity index (χ4n) is 2.10. The van der Waals surface area contributed by atoms with Crippen LogP contribution in [0.4, 0.5) is 5.69 Å². The summed E-state index contributed by atoms with van der Waals surface area (Å²) in [6.07, 6.45) is 5.64. The Morgan fingerprint density at radius 2 is 2.18 bits per heavy atom. The van der Waals surface area contributed by atoms with Crippen LogP contribution in [-0.4, -0.2) is 20.1 Å². The Balaban J connectivity index is 2.21. The Bertz CT molecular complexity index is 415. The highest BCUT2D eigenvalue weighted by Gasteiger charge is 2.11. The van der Waals surface area contributed by atoms with Crippen LogP contribution in [0.15, 0.2) is 34.8 Å². The smallest absolute Gasteiger partial charge is 0.0380 e. The topological polar surface area (TPSA) is 15.3 Å². The van der Waals surface area contributed by atoms with Crippen LogP contribution >= 0.6 is 15.9 Å². The number of anilines is 1. The predicted octanol–water partition coefficient (Wildman–Crippen LogP) is 3.50. The summed E-state index contributed by atoms with van der Waals surface area (Å²) in [7, 11) is 1.99. The van der Waals surface area contributed by atoms with Crippen molar-refractivity contribution in [2.75, 3.05) is 25.0 Å². The van der Waals surface area contributed by atoms with E-state index in [0.29, 0.717) is 6.04 Å². The number of benzene rings is 1. The van der Waals surface area contributed by atoms with E-state index in [4.69, 9.17) is 0 Å². The van der Waals surface area contributed by atoms with E-state index in [1.54, 1.807) is 0 Å². The summed E-state index contributed by atoms with van der Waals surface area (Å²) in [4.78, 5) is 2.40. The summed E-state index contributed by atoms with van der Waals surface area (Å²) in [5.41, 5.74) is 2.61. The zero-order valence-corrected chi connectivity index (χ0v) is 12.0. The number of hydrogen-bond acceptors (Lipinski definition) is 2. The lowest BCUT2D eigenvalue weighted by Crippen LogP contribution is -2.26. The van der Waals surface area contributed by atoms with Crippen molar-refractivity contribution >= 4 is 21.6 Å². The second kappa shape index (κ2) is 5.69. The van der Waals surface area contributed by atoms with E-state index >= 15 is 0 Å². The molecule has 92 valence electrons. The molecule has 1 atom stereocenters. The average molecular weight is 295 g/mol. The summed E-state index contributed by atoms with van der Waals surface area (Å²) in [6.45, 7) is 4.31. The van der Waals surface area contributed by atoms with Crippen LogP contribution in [0.5, 0.6) is 0 Å². The van der Waals surface area contributed by atoms with Crippen molar-refractivity contribution in [2.24, 2.45) is 0 Å². The van der Waals surface area contributed by atoms with Crippen molar-refractivity contribution < 1.29 is 0 Å². The van der Waals surface area contributed by atoms with Crippen LogP contribution in [-0.2, 0) is 0 Å². The van der Waals surface area contributed by atoms with Gasteiger partial charge in [-0.15, -0.1) is 0 Å². The van der Waals surface area contributed by atoms with Gasteiger partial charge in [0.05, 0.1) is 0 Å². The molecule has 0 aromatic heterocycles. The van der Waals surface area contributed by atoms with Gasteiger partial charge in [-0.2, -0.15) is 0 Å². The van der Waals surface area contributed by atoms with E-state index < -0.39 is 0 Å². The molecular weight excluding hydrogens is 276 g/mol. The average Bonchev–Trinajstić information content (AvgIpc) is 2.39. The molecule has 1 unspecified atom stereocenters. The highest BCUT2D eigenvalue weighted by atomic mass is 79.9. The van der Waals surface area contributed by atoms with E-state index in [1.165, 1.54) is 15.7 Å². The molecule has 1 aliphatic heterocycles. The first kappa shape index (κ1) is 12.7. The molecule has 17 heavy (non-hydrogen) atoms. The van der Waals surface area contributed by atoms with Crippen LogP contribution in [0.25, 0.3) is 0 Å². The zero-order chi connectivity index (χ0) is 12.3. The molecule has 0 aliphatic carbocycles. The summed E-state index contributed by atoms with van der Waals surface area (Å²) in [5.74, 6) is 0. The van der Waals surface area contributed by atoms with Crippen molar-refractivity contribution in [3.63, 3.8) is 0 Å². The fraction of sp³-hybridized carbons (Fsp3) is 0.429. The summed E-state index contributed by atoms with van der Waals surface area (Å²) >= 11 is 3.67. The third-order valence-electron chi connectivity index (χ3n) is 3.31. The lowest BCUT2D eigenvalue weighted by Gasteiger charge is -2.26. The van der Waals surface area contributed by atoms with Crippen molar-refractivity contribution in [2.45, 2.75) is 19.4 Å². The second-order valence-corrected chi connectivity index (χ2v) is 5.28. The number of nitrogens with zero attached hydrogens (tertiary/aromatic N) is 1. The Morgan fingerprint density at radius 1 is 1.35 bits per heavy atom. The van der Waals surface area contributed by atoms with E-state index in [9.17, 15) is 0 Å². The number of hydrogen-bond donors (Lipinski definition) is 1. The van der Waals surface area contributed by atoms with Gasteiger partial charge >= 0.3 is 0 Å². The van der Waals surface area contributed by atoms with Gasteiger partial charge in [0.2, 0.25) is 0 Å². The molecule has 1 aromatic rings. The van der Waals surface area contributed by atoms with E-state index in [0.717, 1.165) is 19.5 Å². The second-order valence-electron chi connectivity index (χ2n) is 4.42. The fourth-order valence-corrected chi connectivity index (χ4v) is 2.81. The quantitative estimate of drug-likeness (QED) is 0.859. The van der Waals surface area contributed by atoms with Crippen molar-refractivity contribution in [1.82, 2.24) is 5.32 Å². The number of rotatable bonds is 3. The molecule has 0 spiro atoms. The number of nitrogens with one attached hydrogen (secondary N) is 1. The highest BCUT2D eigenvalue weighted by Crippen LogP contribution is 2.28. The first-order chi connectivity index (χ1) is 8.22. The molecule has 1 N–H and O–H groups in total. The SMILES string of the molecule is CNC(C)c1ccc(N2CC=CCC2)cc1Br. The largest absolute Gasteiger partial charge is 0.367 e. The molecule has 0 saturated heterocycles. The van der Waals surface area contributed by atoms with Gasteiger partial charge in [0, 0.05) is 29.3 Å². The van der Waals surface area contributed by atoms with Gasteiger partial charge in [0.25, 0.3) is 0 Å². The van der Waals surface area contributed by atoms with Crippen molar-refractivity contribution in [3.8, 4) is 0 Å². The van der Waals surface area contributed by atoms with Gasteiger partial charge in [-0.05, 0) is 38.1 Å². The molecule has 1 heterocycles. The van der Waals surface area contributed by atoms with Crippen molar-refractivity contribution in [1.29, 1.82) is 0 Å². The Morgan fingerprint density at radius 3 is 2.76 bits per heavy atom. The maximum absolute atomic E-state index is 3.67. The maximum Gasteiger partial charge on any atom is 0.0380 e. The van der Waals surface area contributed by atoms with Crippen LogP contribution in [0.3, 0.4) is 0 Å². The van der Waals surface area contributed by atoms with Gasteiger partial charge in [0.15, 0.2) is 0 Å². The van der Waals surface area contributed by atoms with E-state index in [2.05, 4.69) is 63.4 Å². The first-order valence-corrected chi connectivity index (χ1v) is 6.88. The van der Waals surface area contributed by atoms with Crippen LogP contribution < -0.4 is 10.2 Å². The minimum absolute atomic E-state index is 0.375. The predicted molar refractivity (Wildman–Crippen MR) is 77.6 cm³/mol. The molecule has 0 amide bonds. The van der Waals surface area contributed by atoms with Gasteiger partial charge in [-0.3, -0.25) is 0 Å². The Kier molecular flexibility index (Phi) is 4.24. The summed E-state index contributed by atoms with van der Waals surface area (Å²) in [6, 6.07) is 7.02. The highest BCUT2D eigenvalue weighted by molar-refractivity contribution is 9.10. The van der Waals surface area contributed by atoms with Crippen molar-refractivity contribution in [3.05, 3.63) is 40.4 Å². The summed E-state index contributed by atoms with van der Waals surface area (Å²) in [5, 5.41) is 3.27. The maximum atomic E-state index is 3.67. The molecule has 1 aromatic carbocycles. The normalized spacial score (nSPS) is 17.2. The standard InChI is InChI=1S/C14H19BrN2/c1-11(16-2)13-7-6-12(10-14(13)15)17-8-4-3-5-9-17/h3-4,6-7,10-11,16H,5,8-9H2,1-2H3. The third kappa shape index (κ3) is 2.90. The van der Waals surface area contributed by atoms with E-state index in [-0.39, 0.29) is 0 Å². The Labute approximate surface area is 112 Å². The molecule has 0 bridgehead atoms. The third-order valence-corrected chi connectivity index (χ3v) is 3.99. The van der Waals surface area contributed by atoms with Crippen LogP contribution in [0, 0.1) is 0 Å². The molecular formula is C14H19BrN2. The van der Waals surface area contributed by atoms with Gasteiger partial charge in [-0.25, -0.2) is 0 Å². The first-order valence-electron chi connectivity index (χ1n) is 6.09. The van der Waals surface area contributed by atoms with Gasteiger partial charge < -0.3 is 10.2 Å². The van der Waals surface area contributed by atoms with Crippen LogP contribution in [0.2, 0.25) is 0 Å². The van der Waals surface area contributed by atoms with E-state index in [1.807, 2.05) is 7.05 Å². The van der Waals surface area contributed by atoms with Crippen LogP contribution in [0.1, 0.15) is 24.9 Å². The van der Waals surface area contributed by atoms with Gasteiger partial charge in [0.1, 0.15) is 0 Å². The molecule has 2 rings (SSSR count). The molecule has 1 aliphatic rings. The minimum atomic E-state index is 0.375. The molecule has 0 radical (unpaired) electrons. The van der Waals surface area contributed by atoms with Gasteiger partial charge in [-0.1, -0.05) is 34.1 Å². The molecule has 2 nitrogen and oxygen atoms in total. The molecule has 3 heteroatoms. The zero-order valence-electron chi connectivity index (χ0n) is 10.4. The lowest BCUT2D eigenvalue weighted by atomic mass is 10.1. The number of halogens is 1. The lowest BCUT2D eigenvalue weighted by molar-refractivity contribution is 0.649. The monoisotopic (exact) mass is 294 g/mol. The summed E-state index contributed by atoms with van der Waals surface area (Å²) < 4.78 is 1.19.